The van der Waals surface area contributed by atoms with Gasteiger partial charge >= 0.3 is 0 Å². The molecule has 0 aromatic heterocycles. The van der Waals surface area contributed by atoms with Crippen LogP contribution >= 0.6 is 11.6 Å². The number of rotatable bonds is 4. The molecule has 1 unspecified atom stereocenters. The van der Waals surface area contributed by atoms with Crippen LogP contribution in [0.4, 0.5) is 0 Å². The average molecular weight is 210 g/mol. The van der Waals surface area contributed by atoms with Gasteiger partial charge in [-0.25, -0.2) is 0 Å². The third-order valence-corrected chi connectivity index (χ3v) is 2.48. The quantitative estimate of drug-likeness (QED) is 0.749. The molecule has 1 atom stereocenters. The molecule has 1 aromatic rings. The highest BCUT2D eigenvalue weighted by molar-refractivity contribution is 6.31. The van der Waals surface area contributed by atoms with E-state index < -0.39 is 0 Å². The van der Waals surface area contributed by atoms with Crippen LogP contribution in [0, 0.1) is 6.92 Å². The zero-order valence-electron chi connectivity index (χ0n) is 8.68. The van der Waals surface area contributed by atoms with Crippen LogP contribution in [0.5, 0.6) is 0 Å². The van der Waals surface area contributed by atoms with Gasteiger partial charge in [0.05, 0.1) is 6.04 Å². The van der Waals surface area contributed by atoms with Crippen LogP contribution in [0.2, 0.25) is 5.02 Å². The number of aryl methyl sites for hydroxylation is 1. The predicted octanol–water partition coefficient (Wildman–Crippen LogP) is 3.49. The molecular formula is C12H16ClN. The molecule has 0 aliphatic heterocycles. The minimum atomic E-state index is 0.146. The van der Waals surface area contributed by atoms with Gasteiger partial charge in [0.15, 0.2) is 0 Å². The fourth-order valence-corrected chi connectivity index (χ4v) is 1.78. The van der Waals surface area contributed by atoms with Gasteiger partial charge in [-0.3, -0.25) is 0 Å². The molecule has 1 N–H and O–H groups in total. The van der Waals surface area contributed by atoms with E-state index in [1.807, 2.05) is 25.1 Å². The van der Waals surface area contributed by atoms with Crippen LogP contribution in [0.15, 0.2) is 30.9 Å². The van der Waals surface area contributed by atoms with E-state index in [4.69, 9.17) is 11.6 Å². The van der Waals surface area contributed by atoms with Crippen molar-refractivity contribution in [2.45, 2.75) is 19.9 Å². The zero-order valence-corrected chi connectivity index (χ0v) is 9.43. The van der Waals surface area contributed by atoms with Crippen molar-refractivity contribution in [1.82, 2.24) is 5.32 Å². The van der Waals surface area contributed by atoms with Crippen LogP contribution in [0.1, 0.15) is 24.1 Å². The summed E-state index contributed by atoms with van der Waals surface area (Å²) in [6.07, 6.45) is 1.88. The Kier molecular flexibility index (Phi) is 4.18. The Morgan fingerprint density at radius 3 is 2.79 bits per heavy atom. The average Bonchev–Trinajstić information content (AvgIpc) is 2.15. The van der Waals surface area contributed by atoms with E-state index in [1.165, 1.54) is 5.56 Å². The summed E-state index contributed by atoms with van der Waals surface area (Å²) in [6, 6.07) is 6.24. The van der Waals surface area contributed by atoms with Crippen LogP contribution in [-0.4, -0.2) is 6.54 Å². The van der Waals surface area contributed by atoms with Gasteiger partial charge in [-0.05, 0) is 30.7 Å². The van der Waals surface area contributed by atoms with Crippen molar-refractivity contribution in [3.8, 4) is 0 Å². The monoisotopic (exact) mass is 209 g/mol. The van der Waals surface area contributed by atoms with E-state index in [0.717, 1.165) is 17.1 Å². The first-order valence-electron chi connectivity index (χ1n) is 4.81. The highest BCUT2D eigenvalue weighted by Crippen LogP contribution is 2.24. The summed E-state index contributed by atoms with van der Waals surface area (Å²) >= 11 is 6.15. The molecule has 1 nitrogen and oxygen atoms in total. The Bertz CT molecular complexity index is 320. The highest BCUT2D eigenvalue weighted by Gasteiger charge is 2.09. The molecular weight excluding hydrogens is 194 g/mol. The maximum Gasteiger partial charge on any atom is 0.0518 e. The van der Waals surface area contributed by atoms with Gasteiger partial charge < -0.3 is 5.32 Å². The second kappa shape index (κ2) is 5.18. The summed E-state index contributed by atoms with van der Waals surface area (Å²) < 4.78 is 0. The molecule has 76 valence electrons. The number of hydrogen-bond acceptors (Lipinski definition) is 1. The maximum atomic E-state index is 6.15. The van der Waals surface area contributed by atoms with E-state index in [1.54, 1.807) is 0 Å². The van der Waals surface area contributed by atoms with E-state index in [-0.39, 0.29) is 6.04 Å². The summed E-state index contributed by atoms with van der Waals surface area (Å²) in [5, 5.41) is 4.11. The minimum Gasteiger partial charge on any atom is -0.307 e. The lowest BCUT2D eigenvalue weighted by atomic mass is 10.1. The third-order valence-electron chi connectivity index (χ3n) is 2.15. The van der Waals surface area contributed by atoms with Crippen LogP contribution < -0.4 is 5.32 Å². The molecule has 0 fully saturated rings. The lowest BCUT2D eigenvalue weighted by Gasteiger charge is -2.15. The standard InChI is InChI=1S/C12H16ClN/c1-4-12(14-5-2)10-7-6-9(3)8-11(10)13/h4,6-8,12,14H,1,5H2,2-3H3. The van der Waals surface area contributed by atoms with Crippen molar-refractivity contribution < 1.29 is 0 Å². The summed E-state index contributed by atoms with van der Waals surface area (Å²) in [4.78, 5) is 0. The van der Waals surface area contributed by atoms with Gasteiger partial charge in [-0.2, -0.15) is 0 Å². The van der Waals surface area contributed by atoms with Crippen molar-refractivity contribution in [3.63, 3.8) is 0 Å². The number of nitrogens with one attached hydrogen (secondary N) is 1. The minimum absolute atomic E-state index is 0.146. The molecule has 0 amide bonds. The molecule has 0 aliphatic rings. The molecule has 0 heterocycles. The second-order valence-corrected chi connectivity index (χ2v) is 3.70. The van der Waals surface area contributed by atoms with Gasteiger partial charge in [0.25, 0.3) is 0 Å². The van der Waals surface area contributed by atoms with Gasteiger partial charge in [0.1, 0.15) is 0 Å². The molecule has 0 aliphatic carbocycles. The lowest BCUT2D eigenvalue weighted by molar-refractivity contribution is 0.649. The Balaban J connectivity index is 2.98. The smallest absolute Gasteiger partial charge is 0.0518 e. The molecule has 0 spiro atoms. The first kappa shape index (κ1) is 11.3. The van der Waals surface area contributed by atoms with Crippen molar-refractivity contribution >= 4 is 11.6 Å². The molecule has 0 saturated carbocycles. The SMILES string of the molecule is C=CC(NCC)c1ccc(C)cc1Cl. The molecule has 0 bridgehead atoms. The summed E-state index contributed by atoms with van der Waals surface area (Å²) in [5.41, 5.74) is 2.27. The molecule has 0 saturated heterocycles. The van der Waals surface area contributed by atoms with Crippen LogP contribution in [0.25, 0.3) is 0 Å². The Hall–Kier alpha value is -0.790. The lowest BCUT2D eigenvalue weighted by Crippen LogP contribution is -2.18. The van der Waals surface area contributed by atoms with Gasteiger partial charge in [0, 0.05) is 5.02 Å². The fourth-order valence-electron chi connectivity index (χ4n) is 1.42. The second-order valence-electron chi connectivity index (χ2n) is 3.30. The number of halogens is 1. The third kappa shape index (κ3) is 2.60. The van der Waals surface area contributed by atoms with Crippen molar-refractivity contribution in [2.75, 3.05) is 6.54 Å². The van der Waals surface area contributed by atoms with Gasteiger partial charge in [-0.15, -0.1) is 6.58 Å². The topological polar surface area (TPSA) is 12.0 Å². The Morgan fingerprint density at radius 1 is 1.57 bits per heavy atom. The molecule has 2 heteroatoms. The maximum absolute atomic E-state index is 6.15. The summed E-state index contributed by atoms with van der Waals surface area (Å²) in [6.45, 7) is 8.80. The normalized spacial score (nSPS) is 12.5. The van der Waals surface area contributed by atoms with E-state index in [9.17, 15) is 0 Å². The summed E-state index contributed by atoms with van der Waals surface area (Å²) in [7, 11) is 0. The van der Waals surface area contributed by atoms with Crippen molar-refractivity contribution in [3.05, 3.63) is 47.0 Å². The molecule has 14 heavy (non-hydrogen) atoms. The predicted molar refractivity (Wildman–Crippen MR) is 62.8 cm³/mol. The molecule has 1 aromatic carbocycles. The van der Waals surface area contributed by atoms with Crippen molar-refractivity contribution in [2.24, 2.45) is 0 Å². The van der Waals surface area contributed by atoms with E-state index >= 15 is 0 Å². The van der Waals surface area contributed by atoms with E-state index in [2.05, 4.69) is 24.9 Å². The van der Waals surface area contributed by atoms with Crippen LogP contribution in [-0.2, 0) is 0 Å². The van der Waals surface area contributed by atoms with Gasteiger partial charge in [-0.1, -0.05) is 36.7 Å². The van der Waals surface area contributed by atoms with Gasteiger partial charge in [0.2, 0.25) is 0 Å². The largest absolute Gasteiger partial charge is 0.307 e. The number of benzene rings is 1. The Morgan fingerprint density at radius 2 is 2.29 bits per heavy atom. The summed E-state index contributed by atoms with van der Waals surface area (Å²) in [5.74, 6) is 0. The first-order valence-corrected chi connectivity index (χ1v) is 5.18. The first-order chi connectivity index (χ1) is 6.69. The van der Waals surface area contributed by atoms with Crippen molar-refractivity contribution in [1.29, 1.82) is 0 Å². The number of hydrogen-bond donors (Lipinski definition) is 1. The van der Waals surface area contributed by atoms with E-state index in [0.29, 0.717) is 0 Å². The number of likely N-dealkylation sites (N-methyl/N-ethyl adjacent to an activating group) is 1. The zero-order chi connectivity index (χ0) is 10.6. The highest BCUT2D eigenvalue weighted by atomic mass is 35.5. The molecule has 0 radical (unpaired) electrons. The van der Waals surface area contributed by atoms with Crippen LogP contribution in [0.3, 0.4) is 0 Å². The fraction of sp³-hybridized carbons (Fsp3) is 0.333. The Labute approximate surface area is 90.8 Å². The molecule has 1 rings (SSSR count).